The van der Waals surface area contributed by atoms with E-state index in [4.69, 9.17) is 18.9 Å². The third-order valence-corrected chi connectivity index (χ3v) is 14.6. The van der Waals surface area contributed by atoms with Crippen molar-refractivity contribution in [1.29, 1.82) is 0 Å². The second-order valence-electron chi connectivity index (χ2n) is 20.9. The van der Waals surface area contributed by atoms with Gasteiger partial charge in [-0.1, -0.05) is 257 Å². The predicted octanol–water partition coefficient (Wildman–Crippen LogP) is 14.9. The van der Waals surface area contributed by atoms with Crippen molar-refractivity contribution in [1.82, 2.24) is 0 Å². The fourth-order valence-corrected chi connectivity index (χ4v) is 10.1. The van der Waals surface area contributed by atoms with Crippen LogP contribution in [0.15, 0.2) is 12.2 Å². The Morgan fingerprint density at radius 3 is 1.27 bits per heavy atom. The molecule has 0 bridgehead atoms. The number of unbranched alkanes of at least 4 members (excludes halogenated alkanes) is 39. The molecule has 0 aromatic rings. The van der Waals surface area contributed by atoms with Gasteiger partial charge < -0.3 is 34.3 Å². The Morgan fingerprint density at radius 2 is 0.887 bits per heavy atom. The highest BCUT2D eigenvalue weighted by molar-refractivity contribution is 7.80. The predicted molar refractivity (Wildman–Crippen MR) is 290 cm³/mol. The van der Waals surface area contributed by atoms with Crippen LogP contribution in [0.25, 0.3) is 0 Å². The molecular formula is C58H112O12S. The van der Waals surface area contributed by atoms with Crippen LogP contribution < -0.4 is 0 Å². The van der Waals surface area contributed by atoms with Gasteiger partial charge >= 0.3 is 16.4 Å². The summed E-state index contributed by atoms with van der Waals surface area (Å²) in [6.07, 6.45) is 49.7. The minimum atomic E-state index is -5.06. The molecule has 1 rings (SSSR count). The maximum absolute atomic E-state index is 13.0. The van der Waals surface area contributed by atoms with E-state index >= 15 is 0 Å². The lowest BCUT2D eigenvalue weighted by Crippen LogP contribution is -2.60. The first kappa shape index (κ1) is 67.9. The van der Waals surface area contributed by atoms with Gasteiger partial charge in [0.1, 0.15) is 30.5 Å². The molecule has 0 aromatic heterocycles. The lowest BCUT2D eigenvalue weighted by atomic mass is 9.99. The average molecular weight is 1030 g/mol. The van der Waals surface area contributed by atoms with Gasteiger partial charge in [-0.3, -0.25) is 9.35 Å². The molecule has 4 N–H and O–H groups in total. The highest BCUT2D eigenvalue weighted by Gasteiger charge is 2.48. The van der Waals surface area contributed by atoms with Crippen molar-refractivity contribution in [3.05, 3.63) is 12.2 Å². The Morgan fingerprint density at radius 1 is 0.521 bits per heavy atom. The van der Waals surface area contributed by atoms with Crippen LogP contribution in [0.2, 0.25) is 0 Å². The van der Waals surface area contributed by atoms with Gasteiger partial charge in [0.15, 0.2) is 6.29 Å². The number of ether oxygens (including phenoxy) is 4. The van der Waals surface area contributed by atoms with Crippen molar-refractivity contribution in [3.8, 4) is 0 Å². The number of aliphatic hydroxyl groups is 3. The fourth-order valence-electron chi connectivity index (χ4n) is 9.61. The third-order valence-electron chi connectivity index (χ3n) is 14.1. The van der Waals surface area contributed by atoms with E-state index in [0.29, 0.717) is 13.0 Å². The highest BCUT2D eigenvalue weighted by atomic mass is 32.3. The lowest BCUT2D eigenvalue weighted by Gasteiger charge is -2.41. The summed E-state index contributed by atoms with van der Waals surface area (Å²) in [5.41, 5.74) is 0. The molecular weight excluding hydrogens is 921 g/mol. The number of esters is 1. The minimum Gasteiger partial charge on any atom is -0.457 e. The topological polar surface area (TPSA) is 178 Å². The van der Waals surface area contributed by atoms with E-state index in [2.05, 4.69) is 30.2 Å². The van der Waals surface area contributed by atoms with Crippen LogP contribution in [0.4, 0.5) is 0 Å². The number of hydrogen-bond donors (Lipinski definition) is 4. The van der Waals surface area contributed by atoms with Gasteiger partial charge in [-0.25, -0.2) is 4.18 Å². The van der Waals surface area contributed by atoms with Crippen LogP contribution in [-0.2, 0) is 38.3 Å². The van der Waals surface area contributed by atoms with Gasteiger partial charge in [0.2, 0.25) is 0 Å². The Bertz CT molecular complexity index is 1280. The van der Waals surface area contributed by atoms with E-state index in [1.54, 1.807) is 0 Å². The van der Waals surface area contributed by atoms with Crippen molar-refractivity contribution in [2.24, 2.45) is 0 Å². The van der Waals surface area contributed by atoms with Gasteiger partial charge in [-0.15, -0.1) is 0 Å². The molecule has 0 amide bonds. The molecule has 1 fully saturated rings. The van der Waals surface area contributed by atoms with Gasteiger partial charge in [0, 0.05) is 13.0 Å². The zero-order chi connectivity index (χ0) is 51.7. The Hall–Kier alpha value is -1.16. The van der Waals surface area contributed by atoms with Crippen LogP contribution in [0.1, 0.15) is 290 Å². The summed E-state index contributed by atoms with van der Waals surface area (Å²) in [5.74, 6) is -0.394. The second kappa shape index (κ2) is 49.7. The first-order valence-electron chi connectivity index (χ1n) is 29.9. The van der Waals surface area contributed by atoms with E-state index in [0.717, 1.165) is 38.5 Å². The maximum Gasteiger partial charge on any atom is 0.397 e. The summed E-state index contributed by atoms with van der Waals surface area (Å²) < 4.78 is 59.5. The quantitative estimate of drug-likeness (QED) is 0.0196. The minimum absolute atomic E-state index is 0.0421. The Kier molecular flexibility index (Phi) is 47.5. The smallest absolute Gasteiger partial charge is 0.397 e. The molecule has 1 aliphatic rings. The normalized spacial score (nSPS) is 19.0. The van der Waals surface area contributed by atoms with E-state index < -0.39 is 59.8 Å². The number of carbonyl (C=O) groups excluding carboxylic acids is 1. The summed E-state index contributed by atoms with van der Waals surface area (Å²) in [4.78, 5) is 13.0. The van der Waals surface area contributed by atoms with Crippen LogP contribution in [0.3, 0.4) is 0 Å². The molecule has 0 saturated carbocycles. The molecule has 0 radical (unpaired) electrons. The largest absolute Gasteiger partial charge is 0.457 e. The maximum atomic E-state index is 13.0. The molecule has 0 aliphatic carbocycles. The SMILES string of the molecule is CCCCCCCCCC/C=C\CCCCCCCCCCCC(=O)OC(COCCCCCCCCCCCCCCCCCCCCCCCCC)COC1OC(CO)C(O)C(OS(=O)(=O)O)C1O. The standard InChI is InChI=1S/C58H112O12S/c1-3-5-7-9-11-13-15-17-19-21-23-25-26-28-30-32-34-36-38-40-42-44-46-48-66-50-52(51-67-58-56(62)57(70-71(63,64)65)55(61)53(49-59)69-58)68-54(60)47-45-43-41-39-37-35-33-31-29-27-24-22-20-18-16-14-12-10-8-6-4-2/h22,24,52-53,55-59,61-62H,3-21,23,25-51H2,1-2H3,(H,63,64,65)/b24-22-. The number of hydrogen-bond acceptors (Lipinski definition) is 11. The van der Waals surface area contributed by atoms with Crippen LogP contribution in [0, 0.1) is 0 Å². The van der Waals surface area contributed by atoms with Crippen molar-refractivity contribution in [2.75, 3.05) is 26.4 Å². The fraction of sp³-hybridized carbons (Fsp3) is 0.948. The number of allylic oxidation sites excluding steroid dienone is 2. The number of carbonyl (C=O) groups is 1. The van der Waals surface area contributed by atoms with E-state index in [-0.39, 0.29) is 19.6 Å². The molecule has 0 aromatic carbocycles. The summed E-state index contributed by atoms with van der Waals surface area (Å²) in [6.45, 7) is 4.07. The Balaban J connectivity index is 2.27. The molecule has 1 heterocycles. The second-order valence-corrected chi connectivity index (χ2v) is 22.0. The lowest BCUT2D eigenvalue weighted by molar-refractivity contribution is -0.301. The monoisotopic (exact) mass is 1030 g/mol. The number of aliphatic hydroxyl groups excluding tert-OH is 3. The van der Waals surface area contributed by atoms with E-state index in [1.165, 1.54) is 225 Å². The highest BCUT2D eigenvalue weighted by Crippen LogP contribution is 2.26. The first-order chi connectivity index (χ1) is 34.6. The van der Waals surface area contributed by atoms with Crippen LogP contribution in [-0.4, -0.2) is 97.5 Å². The third kappa shape index (κ3) is 42.7. The summed E-state index contributed by atoms with van der Waals surface area (Å²) >= 11 is 0. The zero-order valence-corrected chi connectivity index (χ0v) is 46.6. The summed E-state index contributed by atoms with van der Waals surface area (Å²) in [7, 11) is -5.06. The van der Waals surface area contributed by atoms with Gasteiger partial charge in [-0.2, -0.15) is 8.42 Å². The molecule has 71 heavy (non-hydrogen) atoms. The van der Waals surface area contributed by atoms with Crippen LogP contribution in [0.5, 0.6) is 0 Å². The van der Waals surface area contributed by atoms with Crippen molar-refractivity contribution >= 4 is 16.4 Å². The summed E-state index contributed by atoms with van der Waals surface area (Å²) in [6, 6.07) is 0. The molecule has 6 unspecified atom stereocenters. The van der Waals surface area contributed by atoms with Crippen LogP contribution >= 0.6 is 0 Å². The molecule has 12 nitrogen and oxygen atoms in total. The Labute approximate surface area is 436 Å². The van der Waals surface area contributed by atoms with E-state index in [1.807, 2.05) is 0 Å². The number of rotatable bonds is 54. The first-order valence-corrected chi connectivity index (χ1v) is 31.3. The molecule has 1 saturated heterocycles. The van der Waals surface area contributed by atoms with Crippen molar-refractivity contribution in [3.63, 3.8) is 0 Å². The summed E-state index contributed by atoms with van der Waals surface area (Å²) in [5, 5.41) is 30.9. The van der Waals surface area contributed by atoms with Gasteiger partial charge in [-0.05, 0) is 38.5 Å². The van der Waals surface area contributed by atoms with E-state index in [9.17, 15) is 33.1 Å². The molecule has 422 valence electrons. The molecule has 13 heteroatoms. The molecule has 0 spiro atoms. The average Bonchev–Trinajstić information content (AvgIpc) is 3.35. The molecule has 6 atom stereocenters. The van der Waals surface area contributed by atoms with Crippen molar-refractivity contribution in [2.45, 2.75) is 327 Å². The van der Waals surface area contributed by atoms with Gasteiger partial charge in [0.05, 0.1) is 19.8 Å². The van der Waals surface area contributed by atoms with Gasteiger partial charge in [0.25, 0.3) is 0 Å². The molecule has 1 aliphatic heterocycles. The van der Waals surface area contributed by atoms with Crippen molar-refractivity contribution < 1.29 is 56.2 Å². The zero-order valence-electron chi connectivity index (χ0n) is 45.8.